The number of fused-ring (bicyclic) bond motifs is 1. The number of nitrogens with zero attached hydrogens (tertiary/aromatic N) is 6. The van der Waals surface area contributed by atoms with Crippen molar-refractivity contribution in [2.45, 2.75) is 47.0 Å². The van der Waals surface area contributed by atoms with E-state index in [-0.39, 0.29) is 0 Å². The summed E-state index contributed by atoms with van der Waals surface area (Å²) in [6.07, 6.45) is 9.26. The lowest BCUT2D eigenvalue weighted by Crippen LogP contribution is -2.44. The molecule has 5 heterocycles. The molecule has 2 aromatic heterocycles. The predicted octanol–water partition coefficient (Wildman–Crippen LogP) is 5.33. The van der Waals surface area contributed by atoms with Crippen LogP contribution < -0.4 is 25.2 Å². The lowest BCUT2D eigenvalue weighted by Gasteiger charge is -2.33. The summed E-state index contributed by atoms with van der Waals surface area (Å²) in [5, 5.41) is 6.84. The number of amidine groups is 1. The average molecular weight is 547 g/mol. The van der Waals surface area contributed by atoms with Gasteiger partial charge in [-0.15, -0.1) is 0 Å². The van der Waals surface area contributed by atoms with E-state index in [1.165, 1.54) is 24.0 Å². The molecule has 9 heteroatoms. The number of aliphatic imine (C=N–C) groups is 1. The standard InChI is InChI=1S/C27H36N8O.C4H10/c1-19-18-35(24-17-31-27-26(20(24)2)29-8-14-36-27)9-6-22(19)16-30-21(3)32-23-5-7-28-25(15-23)34-12-10-33(4)11-13-34;1-3-4-2/h5,7,15-17,29H,1,6,8-14,18H2,2-4H3,(H,28,30,32);3-4H2,1-2H3/b22-16-;. The minimum atomic E-state index is 0.654. The van der Waals surface area contributed by atoms with Gasteiger partial charge in [0.2, 0.25) is 5.88 Å². The Kier molecular flexibility index (Phi) is 10.4. The maximum Gasteiger partial charge on any atom is 0.237 e. The smallest absolute Gasteiger partial charge is 0.237 e. The number of likely N-dealkylation sites (N-methyl/N-ethyl adjacent to an activating group) is 1. The Bertz CT molecular complexity index is 1210. The Morgan fingerprint density at radius 3 is 2.65 bits per heavy atom. The fourth-order valence-corrected chi connectivity index (χ4v) is 4.85. The highest BCUT2D eigenvalue weighted by Crippen LogP contribution is 2.36. The van der Waals surface area contributed by atoms with Gasteiger partial charge in [-0.25, -0.2) is 15.0 Å². The first-order chi connectivity index (χ1) is 19.4. The summed E-state index contributed by atoms with van der Waals surface area (Å²) >= 11 is 0. The first kappa shape index (κ1) is 29.4. The van der Waals surface area contributed by atoms with Gasteiger partial charge in [-0.2, -0.15) is 0 Å². The van der Waals surface area contributed by atoms with Gasteiger partial charge < -0.3 is 30.1 Å². The number of piperidine rings is 1. The molecule has 2 fully saturated rings. The van der Waals surface area contributed by atoms with Crippen molar-refractivity contribution in [3.8, 4) is 5.88 Å². The van der Waals surface area contributed by atoms with Crippen molar-refractivity contribution in [1.82, 2.24) is 14.9 Å². The molecule has 216 valence electrons. The summed E-state index contributed by atoms with van der Waals surface area (Å²) in [6, 6.07) is 4.09. The second-order valence-corrected chi connectivity index (χ2v) is 10.7. The number of anilines is 4. The number of hydrogen-bond donors (Lipinski definition) is 2. The molecular formula is C31H46N8O. The van der Waals surface area contributed by atoms with Gasteiger partial charge in [0.05, 0.1) is 11.9 Å². The van der Waals surface area contributed by atoms with Crippen LogP contribution in [0.4, 0.5) is 22.9 Å². The summed E-state index contributed by atoms with van der Waals surface area (Å²) in [7, 11) is 2.16. The van der Waals surface area contributed by atoms with E-state index >= 15 is 0 Å². The number of piperazine rings is 1. The van der Waals surface area contributed by atoms with Crippen LogP contribution in [0.1, 0.15) is 45.6 Å². The Morgan fingerprint density at radius 2 is 1.93 bits per heavy atom. The van der Waals surface area contributed by atoms with Gasteiger partial charge in [-0.05, 0) is 44.5 Å². The largest absolute Gasteiger partial charge is 0.474 e. The molecule has 0 bridgehead atoms. The SMILES string of the molecule is C=C1CN(c2cnc3c(c2C)NCCO3)CC/C1=C/N=C(C)Nc1ccnc(N2CCN(C)CC2)c1.CCCC. The van der Waals surface area contributed by atoms with Gasteiger partial charge >= 0.3 is 0 Å². The zero-order chi connectivity index (χ0) is 28.5. The predicted molar refractivity (Wildman–Crippen MR) is 168 cm³/mol. The monoisotopic (exact) mass is 546 g/mol. The molecule has 2 saturated heterocycles. The maximum atomic E-state index is 5.68. The fourth-order valence-electron chi connectivity index (χ4n) is 4.85. The molecule has 3 aliphatic heterocycles. The van der Waals surface area contributed by atoms with E-state index in [4.69, 9.17) is 9.73 Å². The van der Waals surface area contributed by atoms with E-state index in [1.54, 1.807) is 0 Å². The summed E-state index contributed by atoms with van der Waals surface area (Å²) in [5.41, 5.74) is 6.57. The molecule has 0 aliphatic carbocycles. The summed E-state index contributed by atoms with van der Waals surface area (Å²) in [4.78, 5) is 20.8. The molecule has 0 saturated carbocycles. The number of aromatic nitrogens is 2. The highest BCUT2D eigenvalue weighted by Gasteiger charge is 2.23. The molecule has 0 radical (unpaired) electrons. The van der Waals surface area contributed by atoms with E-state index in [0.29, 0.717) is 12.5 Å². The van der Waals surface area contributed by atoms with Crippen LogP contribution in [0.3, 0.4) is 0 Å². The van der Waals surface area contributed by atoms with Crippen LogP contribution in [0, 0.1) is 6.92 Å². The molecule has 0 unspecified atom stereocenters. The van der Waals surface area contributed by atoms with Crippen molar-refractivity contribution >= 4 is 28.7 Å². The quantitative estimate of drug-likeness (QED) is 0.385. The first-order valence-electron chi connectivity index (χ1n) is 14.6. The third kappa shape index (κ3) is 7.53. The normalized spacial score (nSPS) is 18.9. The first-order valence-corrected chi connectivity index (χ1v) is 14.6. The van der Waals surface area contributed by atoms with Crippen LogP contribution in [0.2, 0.25) is 0 Å². The van der Waals surface area contributed by atoms with E-state index in [1.807, 2.05) is 31.6 Å². The lowest BCUT2D eigenvalue weighted by molar-refractivity contribution is 0.310. The molecule has 2 aromatic rings. The van der Waals surface area contributed by atoms with E-state index in [2.05, 4.69) is 75.8 Å². The number of hydrogen-bond acceptors (Lipinski definition) is 8. The number of unbranched alkanes of at least 4 members (excludes halogenated alkanes) is 1. The molecule has 0 amide bonds. The van der Waals surface area contributed by atoms with Crippen LogP contribution in [0.25, 0.3) is 0 Å². The van der Waals surface area contributed by atoms with Crippen molar-refractivity contribution < 1.29 is 4.74 Å². The summed E-state index contributed by atoms with van der Waals surface area (Å²) in [5.74, 6) is 2.55. The highest BCUT2D eigenvalue weighted by atomic mass is 16.5. The number of pyridine rings is 2. The van der Waals surface area contributed by atoms with Crippen LogP contribution in [-0.4, -0.2) is 80.2 Å². The van der Waals surface area contributed by atoms with Crippen molar-refractivity contribution in [1.29, 1.82) is 0 Å². The second-order valence-electron chi connectivity index (χ2n) is 10.7. The van der Waals surface area contributed by atoms with Gasteiger partial charge in [0.1, 0.15) is 23.9 Å². The second kappa shape index (κ2) is 14.2. The Hall–Kier alpha value is -3.59. The Morgan fingerprint density at radius 1 is 1.15 bits per heavy atom. The number of ether oxygens (including phenoxy) is 1. The summed E-state index contributed by atoms with van der Waals surface area (Å²) in [6.45, 7) is 20.0. The Labute approximate surface area is 240 Å². The molecular weight excluding hydrogens is 500 g/mol. The van der Waals surface area contributed by atoms with Crippen molar-refractivity contribution in [2.24, 2.45) is 4.99 Å². The average Bonchev–Trinajstić information content (AvgIpc) is 2.97. The summed E-state index contributed by atoms with van der Waals surface area (Å²) < 4.78 is 5.68. The molecule has 5 rings (SSSR count). The minimum Gasteiger partial charge on any atom is -0.474 e. The van der Waals surface area contributed by atoms with Gasteiger partial charge in [-0.1, -0.05) is 33.3 Å². The third-order valence-electron chi connectivity index (χ3n) is 7.56. The molecule has 0 spiro atoms. The highest BCUT2D eigenvalue weighted by molar-refractivity contribution is 5.94. The van der Waals surface area contributed by atoms with Crippen LogP contribution >= 0.6 is 0 Å². The van der Waals surface area contributed by atoms with E-state index in [9.17, 15) is 0 Å². The molecule has 2 N–H and O–H groups in total. The van der Waals surface area contributed by atoms with Crippen molar-refractivity contribution in [2.75, 3.05) is 79.9 Å². The van der Waals surface area contributed by atoms with Crippen molar-refractivity contribution in [3.05, 3.63) is 54.0 Å². The van der Waals surface area contributed by atoms with Gasteiger partial charge in [0.15, 0.2) is 0 Å². The fraction of sp³-hybridized carbons (Fsp3) is 0.516. The van der Waals surface area contributed by atoms with Crippen LogP contribution in [0.15, 0.2) is 53.4 Å². The lowest BCUT2D eigenvalue weighted by atomic mass is 9.99. The third-order valence-corrected chi connectivity index (χ3v) is 7.56. The van der Waals surface area contributed by atoms with Crippen molar-refractivity contribution in [3.63, 3.8) is 0 Å². The van der Waals surface area contributed by atoms with Gasteiger partial charge in [0.25, 0.3) is 0 Å². The van der Waals surface area contributed by atoms with Gasteiger partial charge in [0, 0.05) is 75.5 Å². The maximum absolute atomic E-state index is 5.68. The number of nitrogens with one attached hydrogen (secondary N) is 2. The number of rotatable bonds is 5. The zero-order valence-corrected chi connectivity index (χ0v) is 25.0. The topological polar surface area (TPSA) is 81.1 Å². The van der Waals surface area contributed by atoms with Gasteiger partial charge in [-0.3, -0.25) is 0 Å². The van der Waals surface area contributed by atoms with Crippen LogP contribution in [0.5, 0.6) is 5.88 Å². The zero-order valence-electron chi connectivity index (χ0n) is 25.0. The Balaban J connectivity index is 0.000000867. The molecule has 0 atom stereocenters. The molecule has 3 aliphatic rings. The molecule has 9 nitrogen and oxygen atoms in total. The van der Waals surface area contributed by atoms with Crippen LogP contribution in [-0.2, 0) is 0 Å². The molecule has 0 aromatic carbocycles. The van der Waals surface area contributed by atoms with E-state index in [0.717, 1.165) is 86.5 Å². The van der Waals surface area contributed by atoms with E-state index < -0.39 is 0 Å². The molecule has 40 heavy (non-hydrogen) atoms. The minimum absolute atomic E-state index is 0.654.